The molecule has 0 aromatic carbocycles. The Balaban J connectivity index is 2.03. The van der Waals surface area contributed by atoms with E-state index in [-0.39, 0.29) is 0 Å². The summed E-state index contributed by atoms with van der Waals surface area (Å²) in [5.41, 5.74) is 3.94. The Bertz CT molecular complexity index is 291. The molecule has 0 saturated carbocycles. The van der Waals surface area contributed by atoms with E-state index in [9.17, 15) is 0 Å². The molecule has 2 rings (SSSR count). The quantitative estimate of drug-likeness (QED) is 0.552. The third kappa shape index (κ3) is 3.23. The second kappa shape index (κ2) is 5.21. The first-order valence-electron chi connectivity index (χ1n) is 7.06. The van der Waals surface area contributed by atoms with E-state index in [1.54, 1.807) is 11.1 Å². The lowest BCUT2D eigenvalue weighted by molar-refractivity contribution is 0.318. The summed E-state index contributed by atoms with van der Waals surface area (Å²) < 4.78 is 0. The normalized spacial score (nSPS) is 26.4. The molecule has 0 aromatic heterocycles. The maximum atomic E-state index is 2.53. The maximum Gasteiger partial charge on any atom is -0.0274 e. The van der Waals surface area contributed by atoms with Gasteiger partial charge in [0.2, 0.25) is 0 Å². The fourth-order valence-electron chi connectivity index (χ4n) is 2.94. The van der Waals surface area contributed by atoms with E-state index in [2.05, 4.69) is 26.0 Å². The molecule has 0 unspecified atom stereocenters. The molecule has 0 radical (unpaired) electrons. The van der Waals surface area contributed by atoms with Crippen molar-refractivity contribution in [2.75, 3.05) is 0 Å². The minimum absolute atomic E-state index is 0.559. The van der Waals surface area contributed by atoms with Crippen LogP contribution < -0.4 is 0 Å². The van der Waals surface area contributed by atoms with Crippen LogP contribution in [0.15, 0.2) is 23.3 Å². The highest BCUT2D eigenvalue weighted by atomic mass is 14.3. The van der Waals surface area contributed by atoms with Gasteiger partial charge in [0.25, 0.3) is 0 Å². The monoisotopic (exact) mass is 218 g/mol. The molecular formula is C16H26. The molecule has 0 amide bonds. The fourth-order valence-corrected chi connectivity index (χ4v) is 2.94. The van der Waals surface area contributed by atoms with Gasteiger partial charge >= 0.3 is 0 Å². The highest BCUT2D eigenvalue weighted by Gasteiger charge is 2.21. The van der Waals surface area contributed by atoms with Gasteiger partial charge in [0, 0.05) is 0 Å². The highest BCUT2D eigenvalue weighted by molar-refractivity contribution is 5.32. The zero-order chi connectivity index (χ0) is 11.4. The minimum Gasteiger partial charge on any atom is -0.0811 e. The first-order valence-corrected chi connectivity index (χ1v) is 7.06. The summed E-state index contributed by atoms with van der Waals surface area (Å²) in [6, 6.07) is 0. The van der Waals surface area contributed by atoms with Gasteiger partial charge in [-0.3, -0.25) is 0 Å². The lowest BCUT2D eigenvalue weighted by atomic mass is 9.84. The van der Waals surface area contributed by atoms with Crippen LogP contribution in [0.3, 0.4) is 0 Å². The molecule has 0 N–H and O–H groups in total. The summed E-state index contributed by atoms with van der Waals surface area (Å²) in [4.78, 5) is 0. The molecule has 2 aliphatic carbocycles. The van der Waals surface area contributed by atoms with Crippen molar-refractivity contribution >= 4 is 0 Å². The first-order chi connectivity index (χ1) is 7.67. The molecule has 0 aromatic rings. The predicted octanol–water partition coefficient (Wildman–Crippen LogP) is 5.40. The average molecular weight is 218 g/mol. The summed E-state index contributed by atoms with van der Waals surface area (Å²) in [6.07, 6.45) is 17.3. The van der Waals surface area contributed by atoms with Gasteiger partial charge in [0.1, 0.15) is 0 Å². The Kier molecular flexibility index (Phi) is 3.89. The van der Waals surface area contributed by atoms with E-state index < -0.39 is 0 Å². The van der Waals surface area contributed by atoms with E-state index in [4.69, 9.17) is 0 Å². The van der Waals surface area contributed by atoms with Gasteiger partial charge in [-0.25, -0.2) is 0 Å². The molecule has 0 aliphatic heterocycles. The van der Waals surface area contributed by atoms with Crippen molar-refractivity contribution in [3.63, 3.8) is 0 Å². The Morgan fingerprint density at radius 1 is 0.812 bits per heavy atom. The van der Waals surface area contributed by atoms with Gasteiger partial charge in [0.15, 0.2) is 0 Å². The number of allylic oxidation sites excluding steroid dienone is 4. The molecule has 0 heteroatoms. The molecule has 0 bridgehead atoms. The van der Waals surface area contributed by atoms with Crippen LogP contribution in [-0.2, 0) is 0 Å². The van der Waals surface area contributed by atoms with E-state index >= 15 is 0 Å². The van der Waals surface area contributed by atoms with Gasteiger partial charge in [-0.15, -0.1) is 0 Å². The SMILES string of the molecule is CC1(C)CCC=C(C2=CCCCCC2)CC1. The lowest BCUT2D eigenvalue weighted by Gasteiger charge is -2.22. The lowest BCUT2D eigenvalue weighted by Crippen LogP contribution is -2.09. The first kappa shape index (κ1) is 12.0. The zero-order valence-corrected chi connectivity index (χ0v) is 11.0. The summed E-state index contributed by atoms with van der Waals surface area (Å²) in [5.74, 6) is 0. The van der Waals surface area contributed by atoms with Gasteiger partial charge in [-0.1, -0.05) is 32.4 Å². The third-order valence-corrected chi connectivity index (χ3v) is 4.24. The minimum atomic E-state index is 0.559. The van der Waals surface area contributed by atoms with Crippen molar-refractivity contribution in [2.24, 2.45) is 5.41 Å². The Labute approximate surface area is 101 Å². The van der Waals surface area contributed by atoms with Gasteiger partial charge in [-0.05, 0) is 67.9 Å². The molecule has 0 nitrogen and oxygen atoms in total. The van der Waals surface area contributed by atoms with E-state index in [1.165, 1.54) is 57.8 Å². The third-order valence-electron chi connectivity index (χ3n) is 4.24. The summed E-state index contributed by atoms with van der Waals surface area (Å²) in [7, 11) is 0. The summed E-state index contributed by atoms with van der Waals surface area (Å²) in [6.45, 7) is 4.84. The Morgan fingerprint density at radius 2 is 1.56 bits per heavy atom. The highest BCUT2D eigenvalue weighted by Crippen LogP contribution is 2.37. The fraction of sp³-hybridized carbons (Fsp3) is 0.750. The zero-order valence-electron chi connectivity index (χ0n) is 11.0. The van der Waals surface area contributed by atoms with Crippen molar-refractivity contribution in [3.05, 3.63) is 23.3 Å². The molecule has 0 heterocycles. The van der Waals surface area contributed by atoms with E-state index in [0.29, 0.717) is 5.41 Å². The van der Waals surface area contributed by atoms with Crippen molar-refractivity contribution in [3.8, 4) is 0 Å². The molecule has 2 aliphatic rings. The predicted molar refractivity (Wildman–Crippen MR) is 71.5 cm³/mol. The van der Waals surface area contributed by atoms with Crippen molar-refractivity contribution in [2.45, 2.75) is 71.6 Å². The van der Waals surface area contributed by atoms with E-state index in [0.717, 1.165) is 0 Å². The van der Waals surface area contributed by atoms with Gasteiger partial charge in [0.05, 0.1) is 0 Å². The summed E-state index contributed by atoms with van der Waals surface area (Å²) in [5, 5.41) is 0. The smallest absolute Gasteiger partial charge is 0.0274 e. The van der Waals surface area contributed by atoms with Crippen LogP contribution >= 0.6 is 0 Å². The van der Waals surface area contributed by atoms with Crippen LogP contribution in [0.4, 0.5) is 0 Å². The van der Waals surface area contributed by atoms with Gasteiger partial charge < -0.3 is 0 Å². The second-order valence-corrected chi connectivity index (χ2v) is 6.26. The molecular weight excluding hydrogens is 192 g/mol. The van der Waals surface area contributed by atoms with Crippen LogP contribution in [0, 0.1) is 5.41 Å². The Morgan fingerprint density at radius 3 is 2.44 bits per heavy atom. The van der Waals surface area contributed by atoms with Crippen LogP contribution in [0.1, 0.15) is 71.6 Å². The van der Waals surface area contributed by atoms with Gasteiger partial charge in [-0.2, -0.15) is 0 Å². The van der Waals surface area contributed by atoms with Crippen molar-refractivity contribution < 1.29 is 0 Å². The standard InChI is InChI=1S/C16H26/c1-16(2)12-7-10-15(11-13-16)14-8-5-3-4-6-9-14/h8,10H,3-7,9,11-13H2,1-2H3. The average Bonchev–Trinajstić information content (AvgIpc) is 2.58. The Hall–Kier alpha value is -0.520. The number of rotatable bonds is 1. The van der Waals surface area contributed by atoms with Crippen LogP contribution in [0.25, 0.3) is 0 Å². The van der Waals surface area contributed by atoms with Crippen LogP contribution in [0.5, 0.6) is 0 Å². The van der Waals surface area contributed by atoms with Crippen LogP contribution in [0.2, 0.25) is 0 Å². The molecule has 0 saturated heterocycles. The molecule has 90 valence electrons. The molecule has 0 atom stereocenters. The van der Waals surface area contributed by atoms with Crippen molar-refractivity contribution in [1.29, 1.82) is 0 Å². The number of hydrogen-bond donors (Lipinski definition) is 0. The maximum absolute atomic E-state index is 2.53. The van der Waals surface area contributed by atoms with Crippen molar-refractivity contribution in [1.82, 2.24) is 0 Å². The van der Waals surface area contributed by atoms with E-state index in [1.807, 2.05) is 0 Å². The largest absolute Gasteiger partial charge is 0.0811 e. The molecule has 16 heavy (non-hydrogen) atoms. The molecule has 0 fully saturated rings. The second-order valence-electron chi connectivity index (χ2n) is 6.26. The number of hydrogen-bond acceptors (Lipinski definition) is 0. The van der Waals surface area contributed by atoms with Crippen LogP contribution in [-0.4, -0.2) is 0 Å². The molecule has 0 spiro atoms. The summed E-state index contributed by atoms with van der Waals surface area (Å²) >= 11 is 0. The topological polar surface area (TPSA) is 0 Å².